The molecule has 0 amide bonds. The standard InChI is InChI=1S/C22H31N3O11.Gd/c26-18(27)10-23(6-7-24(11-19(28)29)12-20(30)31)8-9-25(13-21(32)33)17(22(34)35)15-36-14-16-4-2-1-3-5-16;/h1-5,17H,6-15H2,(H,26,27)(H,28,29)(H,30,31)(H,32,33)(H,34,35);/q;+3. The summed E-state index contributed by atoms with van der Waals surface area (Å²) in [5.41, 5.74) is 0.798. The Morgan fingerprint density at radius 2 is 1.14 bits per heavy atom. The number of hydrogen-bond donors (Lipinski definition) is 5. The van der Waals surface area contributed by atoms with Gasteiger partial charge in [0.1, 0.15) is 6.04 Å². The molecule has 0 aliphatic rings. The number of benzene rings is 1. The second kappa shape index (κ2) is 18.9. The summed E-state index contributed by atoms with van der Waals surface area (Å²) < 4.78 is 5.49. The quantitative estimate of drug-likeness (QED) is 0.112. The Balaban J connectivity index is 0.0000130. The zero-order chi connectivity index (χ0) is 27.1. The summed E-state index contributed by atoms with van der Waals surface area (Å²) in [4.78, 5) is 60.1. The Kier molecular flexibility index (Phi) is 17.7. The molecule has 1 aromatic carbocycles. The average molecular weight is 671 g/mol. The van der Waals surface area contributed by atoms with Crippen molar-refractivity contribution in [1.29, 1.82) is 0 Å². The van der Waals surface area contributed by atoms with E-state index in [-0.39, 0.29) is 79.3 Å². The fraction of sp³-hybridized carbons (Fsp3) is 0.500. The number of rotatable bonds is 20. The minimum atomic E-state index is -1.33. The second-order valence-electron chi connectivity index (χ2n) is 7.89. The smallest absolute Gasteiger partial charge is 0.480 e. The van der Waals surface area contributed by atoms with Crippen LogP contribution in [0.2, 0.25) is 0 Å². The SMILES string of the molecule is O=C(O)CN(CCN(CC(=O)O)CC(=O)O)CCN(CC(=O)O)C(COCc1ccccc1)C(=O)O.[Gd+3]. The van der Waals surface area contributed by atoms with Crippen LogP contribution in [0.15, 0.2) is 30.3 Å². The van der Waals surface area contributed by atoms with E-state index in [0.29, 0.717) is 0 Å². The molecule has 0 aromatic heterocycles. The molecule has 1 unspecified atom stereocenters. The fourth-order valence-electron chi connectivity index (χ4n) is 3.32. The van der Waals surface area contributed by atoms with Gasteiger partial charge < -0.3 is 30.3 Å². The maximum Gasteiger partial charge on any atom is 3.00 e. The van der Waals surface area contributed by atoms with Crippen LogP contribution in [-0.4, -0.2) is 135 Å². The number of hydrogen-bond acceptors (Lipinski definition) is 9. The summed E-state index contributed by atoms with van der Waals surface area (Å²) in [6, 6.07) is 7.62. The van der Waals surface area contributed by atoms with E-state index in [4.69, 9.17) is 14.9 Å². The van der Waals surface area contributed by atoms with Gasteiger partial charge in [-0.3, -0.25) is 38.7 Å². The van der Waals surface area contributed by atoms with E-state index in [1.807, 2.05) is 6.07 Å². The zero-order valence-corrected chi connectivity index (χ0v) is 22.2. The summed E-state index contributed by atoms with van der Waals surface area (Å²) in [6.07, 6.45) is 0. The molecule has 0 saturated carbocycles. The van der Waals surface area contributed by atoms with Gasteiger partial charge in [0.05, 0.1) is 39.4 Å². The van der Waals surface area contributed by atoms with Crippen LogP contribution >= 0.6 is 0 Å². The summed E-state index contributed by atoms with van der Waals surface area (Å²) >= 11 is 0. The molecule has 14 nitrogen and oxygen atoms in total. The molecule has 0 aliphatic heterocycles. The van der Waals surface area contributed by atoms with Gasteiger partial charge in [0.25, 0.3) is 0 Å². The van der Waals surface area contributed by atoms with Gasteiger partial charge in [-0.05, 0) is 5.56 Å². The van der Waals surface area contributed by atoms with E-state index in [1.165, 1.54) is 4.90 Å². The van der Waals surface area contributed by atoms with Crippen LogP contribution in [0.25, 0.3) is 0 Å². The molecule has 0 bridgehead atoms. The molecule has 1 atom stereocenters. The molecule has 0 spiro atoms. The van der Waals surface area contributed by atoms with Gasteiger partial charge in [-0.2, -0.15) is 0 Å². The summed E-state index contributed by atoms with van der Waals surface area (Å²) in [5, 5.41) is 46.1. The Morgan fingerprint density at radius 3 is 1.62 bits per heavy atom. The Bertz CT molecular complexity index is 872. The molecular formula is C22H31GdN3O11+3. The first-order chi connectivity index (χ1) is 17.0. The third kappa shape index (κ3) is 16.2. The summed E-state index contributed by atoms with van der Waals surface area (Å²) in [7, 11) is 0. The number of aliphatic carboxylic acids is 5. The van der Waals surface area contributed by atoms with Crippen LogP contribution in [0.3, 0.4) is 0 Å². The van der Waals surface area contributed by atoms with Crippen molar-refractivity contribution >= 4 is 29.8 Å². The maximum absolute atomic E-state index is 11.9. The molecule has 1 aromatic rings. The topological polar surface area (TPSA) is 205 Å². The molecule has 1 radical (unpaired) electrons. The van der Waals surface area contributed by atoms with Gasteiger partial charge >= 0.3 is 69.8 Å². The van der Waals surface area contributed by atoms with Crippen LogP contribution in [0.5, 0.6) is 0 Å². The molecule has 0 fully saturated rings. The van der Waals surface area contributed by atoms with Crippen LogP contribution in [0.1, 0.15) is 5.56 Å². The predicted molar refractivity (Wildman–Crippen MR) is 123 cm³/mol. The zero-order valence-electron chi connectivity index (χ0n) is 19.9. The molecule has 0 heterocycles. The molecule has 37 heavy (non-hydrogen) atoms. The Morgan fingerprint density at radius 1 is 0.676 bits per heavy atom. The van der Waals surface area contributed by atoms with Gasteiger partial charge in [-0.25, -0.2) is 0 Å². The van der Waals surface area contributed by atoms with Gasteiger partial charge in [-0.1, -0.05) is 30.3 Å². The van der Waals surface area contributed by atoms with E-state index >= 15 is 0 Å². The van der Waals surface area contributed by atoms with Crippen LogP contribution < -0.4 is 0 Å². The van der Waals surface area contributed by atoms with Crippen molar-refractivity contribution < 1.29 is 94.2 Å². The molecule has 15 heteroatoms. The van der Waals surface area contributed by atoms with E-state index in [9.17, 15) is 39.3 Å². The number of nitrogens with zero attached hydrogens (tertiary/aromatic N) is 3. The number of carbonyl (C=O) groups is 5. The molecule has 205 valence electrons. The molecular weight excluding hydrogens is 640 g/mol. The van der Waals surface area contributed by atoms with Crippen molar-refractivity contribution in [2.24, 2.45) is 0 Å². The van der Waals surface area contributed by atoms with Crippen molar-refractivity contribution in [3.8, 4) is 0 Å². The van der Waals surface area contributed by atoms with Crippen LogP contribution in [0, 0.1) is 39.9 Å². The van der Waals surface area contributed by atoms with Crippen molar-refractivity contribution in [3.63, 3.8) is 0 Å². The van der Waals surface area contributed by atoms with Gasteiger partial charge in [0.15, 0.2) is 0 Å². The largest absolute Gasteiger partial charge is 3.00 e. The van der Waals surface area contributed by atoms with Crippen LogP contribution in [0.4, 0.5) is 0 Å². The third-order valence-electron chi connectivity index (χ3n) is 4.96. The minimum Gasteiger partial charge on any atom is -0.480 e. The first-order valence-electron chi connectivity index (χ1n) is 10.9. The van der Waals surface area contributed by atoms with Gasteiger partial charge in [0.2, 0.25) is 0 Å². The fourth-order valence-corrected chi connectivity index (χ4v) is 3.32. The van der Waals surface area contributed by atoms with Crippen molar-refractivity contribution in [1.82, 2.24) is 14.7 Å². The minimum absolute atomic E-state index is 0. The second-order valence-corrected chi connectivity index (χ2v) is 7.89. The first kappa shape index (κ1) is 34.7. The number of carboxylic acid groups (broad SMARTS) is 5. The van der Waals surface area contributed by atoms with Gasteiger partial charge in [0, 0.05) is 26.2 Å². The van der Waals surface area contributed by atoms with Crippen LogP contribution in [-0.2, 0) is 35.3 Å². The average Bonchev–Trinajstić information content (AvgIpc) is 2.76. The summed E-state index contributed by atoms with van der Waals surface area (Å²) in [5.74, 6) is -6.34. The first-order valence-corrected chi connectivity index (χ1v) is 10.9. The Hall–Kier alpha value is -2.27. The molecule has 0 saturated heterocycles. The van der Waals surface area contributed by atoms with Crippen molar-refractivity contribution in [2.75, 3.05) is 59.0 Å². The molecule has 0 aliphatic carbocycles. The predicted octanol–water partition coefficient (Wildman–Crippen LogP) is -1.10. The third-order valence-corrected chi connectivity index (χ3v) is 4.96. The van der Waals surface area contributed by atoms with Crippen molar-refractivity contribution in [3.05, 3.63) is 35.9 Å². The van der Waals surface area contributed by atoms with E-state index in [2.05, 4.69) is 0 Å². The Labute approximate surface area is 245 Å². The van der Waals surface area contributed by atoms with Gasteiger partial charge in [-0.15, -0.1) is 0 Å². The molecule has 1 rings (SSSR count). The van der Waals surface area contributed by atoms with E-state index in [0.717, 1.165) is 15.4 Å². The normalized spacial score (nSPS) is 11.8. The summed E-state index contributed by atoms with van der Waals surface area (Å²) in [6.45, 7) is -2.85. The monoisotopic (exact) mass is 671 g/mol. The molecule has 5 N–H and O–H groups in total. The van der Waals surface area contributed by atoms with Crippen molar-refractivity contribution in [2.45, 2.75) is 12.6 Å². The van der Waals surface area contributed by atoms with E-state index in [1.54, 1.807) is 24.3 Å². The maximum atomic E-state index is 11.9. The van der Waals surface area contributed by atoms with E-state index < -0.39 is 62.1 Å². The number of carboxylic acids is 5. The number of ether oxygens (including phenoxy) is 1.